The van der Waals surface area contributed by atoms with Crippen molar-refractivity contribution < 1.29 is 25.5 Å². The molecule has 1 fully saturated rings. The Morgan fingerprint density at radius 3 is 1.96 bits per heavy atom. The number of hydrogen-bond donors (Lipinski definition) is 0. The van der Waals surface area contributed by atoms with Gasteiger partial charge in [-0.1, -0.05) is 31.4 Å². The van der Waals surface area contributed by atoms with Gasteiger partial charge in [-0.2, -0.15) is 0 Å². The molecular formula is C12H15F5N3OP3. The van der Waals surface area contributed by atoms with Crippen molar-refractivity contribution in [1.82, 2.24) is 0 Å². The minimum atomic E-state index is -5.74. The van der Waals surface area contributed by atoms with Crippen molar-refractivity contribution in [2.75, 3.05) is 0 Å². The Labute approximate surface area is 136 Å². The molecule has 0 spiro atoms. The van der Waals surface area contributed by atoms with E-state index in [1.807, 2.05) is 4.52 Å². The Balaban J connectivity index is 1.82. The second-order valence-corrected chi connectivity index (χ2v) is 10.7. The van der Waals surface area contributed by atoms with Gasteiger partial charge in [0.2, 0.25) is 0 Å². The predicted octanol–water partition coefficient (Wildman–Crippen LogP) is 8.81. The minimum Gasteiger partial charge on any atom is -0.419 e. The van der Waals surface area contributed by atoms with Crippen LogP contribution in [0, 0.1) is 0 Å². The molecule has 1 atom stereocenters. The van der Waals surface area contributed by atoms with E-state index in [9.17, 15) is 21.0 Å². The summed E-state index contributed by atoms with van der Waals surface area (Å²) in [6, 6.07) is 6.17. The van der Waals surface area contributed by atoms with Gasteiger partial charge in [0.15, 0.2) is 0 Å². The quantitative estimate of drug-likeness (QED) is 0.366. The highest BCUT2D eigenvalue weighted by Crippen LogP contribution is 2.81. The molecule has 1 heterocycles. The van der Waals surface area contributed by atoms with E-state index in [4.69, 9.17) is 4.52 Å². The molecule has 0 aromatic heterocycles. The third-order valence-electron chi connectivity index (χ3n) is 3.83. The summed E-state index contributed by atoms with van der Waals surface area (Å²) in [4.78, 5) is 0. The zero-order chi connectivity index (χ0) is 17.4. The zero-order valence-corrected chi connectivity index (χ0v) is 15.1. The molecule has 134 valence electrons. The van der Waals surface area contributed by atoms with Crippen LogP contribution >= 0.6 is 23.4 Å². The molecule has 2 aliphatic rings. The van der Waals surface area contributed by atoms with Crippen LogP contribution < -0.4 is 4.52 Å². The molecule has 1 saturated carbocycles. The van der Waals surface area contributed by atoms with Crippen LogP contribution in [-0.4, -0.2) is 0 Å². The van der Waals surface area contributed by atoms with Gasteiger partial charge in [0.1, 0.15) is 5.75 Å². The summed E-state index contributed by atoms with van der Waals surface area (Å²) in [7, 11) is -16.6. The lowest BCUT2D eigenvalue weighted by atomic mass is 9.84. The maximum atomic E-state index is 14.3. The number of nitrogens with zero attached hydrogens (tertiary/aromatic N) is 3. The first-order valence-corrected chi connectivity index (χ1v) is 11.8. The van der Waals surface area contributed by atoms with Gasteiger partial charge in [0.05, 0.1) is 0 Å². The number of rotatable bonds is 3. The number of halogens is 5. The van der Waals surface area contributed by atoms with Gasteiger partial charge in [0.25, 0.3) is 0 Å². The van der Waals surface area contributed by atoms with E-state index in [0.717, 1.165) is 31.2 Å². The van der Waals surface area contributed by atoms with E-state index >= 15 is 0 Å². The molecule has 1 unspecified atom stereocenters. The van der Waals surface area contributed by atoms with Gasteiger partial charge in [-0.05, 0) is 36.5 Å². The van der Waals surface area contributed by atoms with Gasteiger partial charge in [-0.15, -0.1) is 34.5 Å². The van der Waals surface area contributed by atoms with Crippen molar-refractivity contribution in [3.63, 3.8) is 0 Å². The first-order chi connectivity index (χ1) is 11.2. The summed E-state index contributed by atoms with van der Waals surface area (Å²) in [6.07, 6.45) is 5.59. The van der Waals surface area contributed by atoms with E-state index in [1.54, 1.807) is 12.1 Å². The van der Waals surface area contributed by atoms with Gasteiger partial charge < -0.3 is 4.52 Å². The summed E-state index contributed by atoms with van der Waals surface area (Å²) >= 11 is 0. The molecule has 0 radical (unpaired) electrons. The first-order valence-electron chi connectivity index (χ1n) is 7.36. The predicted molar refractivity (Wildman–Crippen MR) is 86.5 cm³/mol. The SMILES string of the molecule is FP1(F)=NP(F)(F)=NP(F)(Oc2ccc(C3CCCCC3)cc2)=N1. The summed E-state index contributed by atoms with van der Waals surface area (Å²) < 4.78 is 78.6. The summed E-state index contributed by atoms with van der Waals surface area (Å²) in [5.74, 6) is 0.259. The van der Waals surface area contributed by atoms with Gasteiger partial charge >= 0.3 is 23.4 Å². The maximum Gasteiger partial charge on any atom is 0.441 e. The topological polar surface area (TPSA) is 46.3 Å². The molecule has 1 aromatic carbocycles. The van der Waals surface area contributed by atoms with Gasteiger partial charge in [0, 0.05) is 0 Å². The molecule has 24 heavy (non-hydrogen) atoms. The van der Waals surface area contributed by atoms with E-state index in [0.29, 0.717) is 5.92 Å². The summed E-state index contributed by atoms with van der Waals surface area (Å²) in [5.41, 5.74) is 1.04. The lowest BCUT2D eigenvalue weighted by molar-refractivity contribution is 0.443. The molecule has 0 N–H and O–H groups in total. The fourth-order valence-electron chi connectivity index (χ4n) is 2.86. The molecule has 0 bridgehead atoms. The second-order valence-electron chi connectivity index (χ2n) is 5.65. The largest absolute Gasteiger partial charge is 0.441 e. The monoisotopic (exact) mass is 405 g/mol. The zero-order valence-electron chi connectivity index (χ0n) is 12.4. The third-order valence-corrected chi connectivity index (χ3v) is 9.48. The van der Waals surface area contributed by atoms with Crippen molar-refractivity contribution in [3.05, 3.63) is 29.8 Å². The molecule has 1 aliphatic heterocycles. The van der Waals surface area contributed by atoms with Crippen molar-refractivity contribution in [3.8, 4) is 5.75 Å². The Morgan fingerprint density at radius 2 is 1.38 bits per heavy atom. The highest BCUT2D eigenvalue weighted by molar-refractivity contribution is 7.77. The Kier molecular flexibility index (Phi) is 4.98. The van der Waals surface area contributed by atoms with Crippen molar-refractivity contribution >= 4 is 23.4 Å². The molecular weight excluding hydrogens is 390 g/mol. The third kappa shape index (κ3) is 4.50. The molecule has 0 saturated heterocycles. The van der Waals surface area contributed by atoms with E-state index < -0.39 is 23.4 Å². The van der Waals surface area contributed by atoms with Crippen molar-refractivity contribution in [2.45, 2.75) is 38.0 Å². The molecule has 0 amide bonds. The maximum absolute atomic E-state index is 14.3. The van der Waals surface area contributed by atoms with Crippen LogP contribution in [0.25, 0.3) is 0 Å². The lowest BCUT2D eigenvalue weighted by Crippen LogP contribution is -2.04. The second kappa shape index (κ2) is 6.59. The molecule has 1 aromatic rings. The Morgan fingerprint density at radius 1 is 0.792 bits per heavy atom. The van der Waals surface area contributed by atoms with Crippen LogP contribution in [0.1, 0.15) is 43.6 Å². The van der Waals surface area contributed by atoms with E-state index in [2.05, 4.69) is 9.03 Å². The average molecular weight is 405 g/mol. The highest BCUT2D eigenvalue weighted by atomic mass is 31.3. The Bertz CT molecular complexity index is 772. The van der Waals surface area contributed by atoms with E-state index in [1.165, 1.54) is 18.6 Å². The van der Waals surface area contributed by atoms with Crippen LogP contribution in [0.2, 0.25) is 0 Å². The van der Waals surface area contributed by atoms with Crippen LogP contribution in [0.4, 0.5) is 21.0 Å². The standard InChI is InChI=1S/C12H15F5N3OP3/c13-22(14)18-23(15,16)20-24(17,19-22)21-12-8-6-11(7-9-12)10-4-2-1-3-5-10/h6-10H,1-5H2. The smallest absolute Gasteiger partial charge is 0.419 e. The summed E-state index contributed by atoms with van der Waals surface area (Å²) in [5, 5.41) is 0. The highest BCUT2D eigenvalue weighted by Gasteiger charge is 2.41. The summed E-state index contributed by atoms with van der Waals surface area (Å²) in [6.45, 7) is 0. The van der Waals surface area contributed by atoms with Crippen LogP contribution in [0.3, 0.4) is 0 Å². The van der Waals surface area contributed by atoms with Crippen molar-refractivity contribution in [2.24, 2.45) is 13.5 Å². The normalized spacial score (nSPS) is 29.0. The number of hydrogen-bond acceptors (Lipinski definition) is 4. The Hall–Kier alpha value is -0.640. The fraction of sp³-hybridized carbons (Fsp3) is 0.500. The lowest BCUT2D eigenvalue weighted by Gasteiger charge is -2.22. The average Bonchev–Trinajstić information content (AvgIpc) is 2.44. The molecule has 12 heteroatoms. The van der Waals surface area contributed by atoms with Crippen LogP contribution in [0.5, 0.6) is 5.75 Å². The molecule has 4 nitrogen and oxygen atoms in total. The van der Waals surface area contributed by atoms with E-state index in [-0.39, 0.29) is 5.75 Å². The number of benzene rings is 1. The molecule has 3 rings (SSSR count). The minimum absolute atomic E-state index is 0.139. The van der Waals surface area contributed by atoms with Gasteiger partial charge in [-0.3, -0.25) is 0 Å². The van der Waals surface area contributed by atoms with Crippen molar-refractivity contribution in [1.29, 1.82) is 0 Å². The van der Waals surface area contributed by atoms with Gasteiger partial charge in [-0.25, -0.2) is 0 Å². The van der Waals surface area contributed by atoms with Crippen LogP contribution in [-0.2, 0) is 0 Å². The fourth-order valence-corrected chi connectivity index (χ4v) is 8.09. The molecule has 1 aliphatic carbocycles. The van der Waals surface area contributed by atoms with Crippen LogP contribution in [0.15, 0.2) is 37.8 Å². The first kappa shape index (κ1) is 18.2.